The predicted molar refractivity (Wildman–Crippen MR) is 118 cm³/mol. The van der Waals surface area contributed by atoms with E-state index < -0.39 is 21.8 Å². The molecule has 3 rings (SSSR count). The monoisotopic (exact) mass is 483 g/mol. The summed E-state index contributed by atoms with van der Waals surface area (Å²) in [5.41, 5.74) is 0.859. The molecule has 0 saturated carbocycles. The van der Waals surface area contributed by atoms with E-state index in [4.69, 9.17) is 0 Å². The molecule has 178 valence electrons. The number of hydrogen-bond donors (Lipinski definition) is 2. The van der Waals surface area contributed by atoms with Crippen molar-refractivity contribution in [2.75, 3.05) is 29.4 Å². The number of nitrogens with zero attached hydrogens (tertiary/aromatic N) is 1. The van der Waals surface area contributed by atoms with Gasteiger partial charge in [-0.1, -0.05) is 6.07 Å². The van der Waals surface area contributed by atoms with E-state index in [2.05, 4.69) is 10.0 Å². The minimum Gasteiger partial charge on any atom is -0.339 e. The van der Waals surface area contributed by atoms with E-state index in [1.807, 2.05) is 0 Å². The van der Waals surface area contributed by atoms with Gasteiger partial charge in [-0.05, 0) is 61.7 Å². The molecule has 1 heterocycles. The zero-order valence-corrected chi connectivity index (χ0v) is 18.9. The van der Waals surface area contributed by atoms with Crippen molar-refractivity contribution in [3.05, 3.63) is 59.2 Å². The van der Waals surface area contributed by atoms with Crippen molar-refractivity contribution in [3.63, 3.8) is 0 Å². The maximum Gasteiger partial charge on any atom is 0.416 e. The summed E-state index contributed by atoms with van der Waals surface area (Å²) in [5.74, 6) is -0.974. The maximum atomic E-state index is 12.7. The molecule has 33 heavy (non-hydrogen) atoms. The Morgan fingerprint density at radius 3 is 2.18 bits per heavy atom. The first-order chi connectivity index (χ1) is 15.3. The Labute approximate surface area is 190 Å². The number of likely N-dealkylation sites (tertiary alicyclic amines) is 1. The quantitative estimate of drug-likeness (QED) is 0.675. The topological polar surface area (TPSA) is 95.6 Å². The van der Waals surface area contributed by atoms with Crippen LogP contribution >= 0.6 is 0 Å². The summed E-state index contributed by atoms with van der Waals surface area (Å²) in [4.78, 5) is 26.8. The molecule has 1 aliphatic heterocycles. The van der Waals surface area contributed by atoms with Crippen molar-refractivity contribution >= 4 is 33.2 Å². The van der Waals surface area contributed by atoms with Crippen LogP contribution < -0.4 is 10.0 Å². The second-order valence-electron chi connectivity index (χ2n) is 8.03. The van der Waals surface area contributed by atoms with Crippen LogP contribution in [0.25, 0.3) is 0 Å². The van der Waals surface area contributed by atoms with E-state index in [0.717, 1.165) is 30.5 Å². The second-order valence-corrected chi connectivity index (χ2v) is 9.78. The molecule has 2 aromatic rings. The molecule has 2 N–H and O–H groups in total. The summed E-state index contributed by atoms with van der Waals surface area (Å²) in [5, 5.41) is 2.78. The van der Waals surface area contributed by atoms with Crippen molar-refractivity contribution in [2.45, 2.75) is 25.9 Å². The molecular formula is C22H24F3N3O4S. The van der Waals surface area contributed by atoms with Gasteiger partial charge in [0.25, 0.3) is 5.91 Å². The van der Waals surface area contributed by atoms with Crippen LogP contribution in [-0.4, -0.2) is 44.5 Å². The number of carbonyl (C=O) groups excluding carboxylic acids is 2. The summed E-state index contributed by atoms with van der Waals surface area (Å²) in [6, 6.07) is 8.96. The Balaban J connectivity index is 1.58. The standard InChI is InChI=1S/C22H24F3N3O4S/c1-14-3-8-18(13-19(14)27-33(2,31)32)26-20(29)15-9-11-28(12-10-15)21(30)16-4-6-17(7-5-16)22(23,24)25/h3-8,13,15,27H,9-12H2,1-2H3,(H,26,29). The molecular weight excluding hydrogens is 459 g/mol. The van der Waals surface area contributed by atoms with Crippen molar-refractivity contribution in [1.29, 1.82) is 0 Å². The third kappa shape index (κ3) is 6.47. The molecule has 0 aromatic heterocycles. The Bertz CT molecular complexity index is 1140. The normalized spacial score (nSPS) is 15.2. The Kier molecular flexibility index (Phi) is 7.01. The van der Waals surface area contributed by atoms with E-state index in [9.17, 15) is 31.2 Å². The first-order valence-electron chi connectivity index (χ1n) is 10.2. The molecule has 0 spiro atoms. The van der Waals surface area contributed by atoms with E-state index >= 15 is 0 Å². The van der Waals surface area contributed by atoms with Crippen LogP contribution in [0.2, 0.25) is 0 Å². The molecule has 0 aliphatic carbocycles. The average molecular weight is 484 g/mol. The molecule has 1 fully saturated rings. The number of amides is 2. The van der Waals surface area contributed by atoms with Gasteiger partial charge >= 0.3 is 6.18 Å². The first kappa shape index (κ1) is 24.6. The lowest BCUT2D eigenvalue weighted by atomic mass is 9.95. The third-order valence-electron chi connectivity index (χ3n) is 5.41. The molecule has 0 unspecified atom stereocenters. The fraction of sp³-hybridized carbons (Fsp3) is 0.364. The van der Waals surface area contributed by atoms with Crippen LogP contribution in [-0.2, 0) is 21.0 Å². The minimum atomic E-state index is -4.47. The van der Waals surface area contributed by atoms with E-state index in [1.165, 1.54) is 11.0 Å². The highest BCUT2D eigenvalue weighted by Gasteiger charge is 2.31. The van der Waals surface area contributed by atoms with Crippen LogP contribution in [0.1, 0.15) is 34.3 Å². The lowest BCUT2D eigenvalue weighted by molar-refractivity contribution is -0.137. The zero-order chi connectivity index (χ0) is 24.4. The smallest absolute Gasteiger partial charge is 0.339 e. The lowest BCUT2D eigenvalue weighted by Crippen LogP contribution is -2.41. The van der Waals surface area contributed by atoms with Gasteiger partial charge < -0.3 is 10.2 Å². The number of hydrogen-bond acceptors (Lipinski definition) is 4. The highest BCUT2D eigenvalue weighted by Crippen LogP contribution is 2.30. The third-order valence-corrected chi connectivity index (χ3v) is 6.00. The molecule has 0 radical (unpaired) electrons. The number of piperidine rings is 1. The second kappa shape index (κ2) is 9.42. The maximum absolute atomic E-state index is 12.7. The van der Waals surface area contributed by atoms with Gasteiger partial charge in [0.05, 0.1) is 17.5 Å². The number of aryl methyl sites for hydroxylation is 1. The average Bonchev–Trinajstić information content (AvgIpc) is 2.74. The summed E-state index contributed by atoms with van der Waals surface area (Å²) in [7, 11) is -3.47. The highest BCUT2D eigenvalue weighted by atomic mass is 32.2. The molecule has 11 heteroatoms. The lowest BCUT2D eigenvalue weighted by Gasteiger charge is -2.31. The zero-order valence-electron chi connectivity index (χ0n) is 18.1. The van der Waals surface area contributed by atoms with Crippen molar-refractivity contribution in [3.8, 4) is 0 Å². The van der Waals surface area contributed by atoms with Gasteiger partial charge in [-0.25, -0.2) is 8.42 Å². The van der Waals surface area contributed by atoms with E-state index in [-0.39, 0.29) is 23.3 Å². The molecule has 2 aromatic carbocycles. The molecule has 2 amide bonds. The number of rotatable bonds is 5. The van der Waals surface area contributed by atoms with E-state index in [0.29, 0.717) is 42.9 Å². The van der Waals surface area contributed by atoms with Gasteiger partial charge in [-0.2, -0.15) is 13.2 Å². The summed E-state index contributed by atoms with van der Waals surface area (Å²) in [6.45, 7) is 2.34. The van der Waals surface area contributed by atoms with Gasteiger partial charge in [0.1, 0.15) is 0 Å². The number of carbonyl (C=O) groups is 2. The van der Waals surface area contributed by atoms with Gasteiger partial charge in [-0.15, -0.1) is 0 Å². The van der Waals surface area contributed by atoms with Crippen LogP contribution in [0.3, 0.4) is 0 Å². The van der Waals surface area contributed by atoms with Crippen molar-refractivity contribution < 1.29 is 31.2 Å². The number of halogens is 3. The minimum absolute atomic E-state index is 0.163. The molecule has 1 saturated heterocycles. The molecule has 0 atom stereocenters. The molecule has 1 aliphatic rings. The highest BCUT2D eigenvalue weighted by molar-refractivity contribution is 7.92. The first-order valence-corrected chi connectivity index (χ1v) is 12.1. The van der Waals surface area contributed by atoms with Crippen molar-refractivity contribution in [2.24, 2.45) is 5.92 Å². The van der Waals surface area contributed by atoms with Gasteiger partial charge in [0.2, 0.25) is 15.9 Å². The summed E-state index contributed by atoms with van der Waals surface area (Å²) in [6.07, 6.45) is -2.62. The van der Waals surface area contributed by atoms with Gasteiger partial charge in [-0.3, -0.25) is 14.3 Å². The molecule has 0 bridgehead atoms. The van der Waals surface area contributed by atoms with E-state index in [1.54, 1.807) is 19.1 Å². The largest absolute Gasteiger partial charge is 0.416 e. The van der Waals surface area contributed by atoms with Crippen LogP contribution in [0.4, 0.5) is 24.5 Å². The SMILES string of the molecule is Cc1ccc(NC(=O)C2CCN(C(=O)c3ccc(C(F)(F)F)cc3)CC2)cc1NS(C)(=O)=O. The number of anilines is 2. The van der Waals surface area contributed by atoms with Gasteiger partial charge in [0.15, 0.2) is 0 Å². The van der Waals surface area contributed by atoms with Crippen molar-refractivity contribution in [1.82, 2.24) is 4.90 Å². The Hall–Kier alpha value is -3.08. The number of alkyl halides is 3. The van der Waals surface area contributed by atoms with Gasteiger partial charge in [0, 0.05) is 30.3 Å². The number of sulfonamides is 1. The Morgan fingerprint density at radius 2 is 1.64 bits per heavy atom. The van der Waals surface area contributed by atoms with Crippen LogP contribution in [0.5, 0.6) is 0 Å². The summed E-state index contributed by atoms with van der Waals surface area (Å²) < 4.78 is 63.5. The molecule has 7 nitrogen and oxygen atoms in total. The predicted octanol–water partition coefficient (Wildman–Crippen LogP) is 3.88. The van der Waals surface area contributed by atoms with Crippen LogP contribution in [0.15, 0.2) is 42.5 Å². The fourth-order valence-corrected chi connectivity index (χ4v) is 4.20. The van der Waals surface area contributed by atoms with Crippen LogP contribution in [0, 0.1) is 12.8 Å². The number of benzene rings is 2. The fourth-order valence-electron chi connectivity index (χ4n) is 3.58. The number of nitrogens with one attached hydrogen (secondary N) is 2. The summed E-state index contributed by atoms with van der Waals surface area (Å²) >= 11 is 0. The Morgan fingerprint density at radius 1 is 1.03 bits per heavy atom.